The van der Waals surface area contributed by atoms with Gasteiger partial charge in [-0.05, 0) is 50.4 Å². The first-order chi connectivity index (χ1) is 13.6. The van der Waals surface area contributed by atoms with Crippen LogP contribution in [0.3, 0.4) is 0 Å². The van der Waals surface area contributed by atoms with E-state index < -0.39 is 17.0 Å². The van der Waals surface area contributed by atoms with E-state index in [9.17, 15) is 10.1 Å². The average Bonchev–Trinajstić information content (AvgIpc) is 2.75. The summed E-state index contributed by atoms with van der Waals surface area (Å²) in [5.74, 6) is 1.18. The minimum Gasteiger partial charge on any atom is -0.458 e. The van der Waals surface area contributed by atoms with Crippen LogP contribution in [0.25, 0.3) is 0 Å². The van der Waals surface area contributed by atoms with Crippen LogP contribution in [-0.2, 0) is 19.0 Å². The monoisotopic (exact) mass is 391 g/mol. The Labute approximate surface area is 170 Å². The zero-order valence-electron chi connectivity index (χ0n) is 17.7. The van der Waals surface area contributed by atoms with Crippen LogP contribution in [-0.4, -0.2) is 31.1 Å². The zero-order valence-corrected chi connectivity index (χ0v) is 17.7. The molecule has 1 heterocycles. The van der Waals surface area contributed by atoms with Gasteiger partial charge >= 0.3 is 5.97 Å². The van der Waals surface area contributed by atoms with Crippen molar-refractivity contribution in [3.05, 3.63) is 0 Å². The van der Waals surface area contributed by atoms with E-state index in [1.807, 2.05) is 0 Å². The molecule has 0 aromatic heterocycles. The van der Waals surface area contributed by atoms with Crippen LogP contribution in [0.15, 0.2) is 0 Å². The lowest BCUT2D eigenvalue weighted by Crippen LogP contribution is -2.50. The highest BCUT2D eigenvalue weighted by Gasteiger charge is 2.49. The maximum Gasteiger partial charge on any atom is 0.331 e. The lowest BCUT2D eigenvalue weighted by Gasteiger charge is -2.44. The van der Waals surface area contributed by atoms with Gasteiger partial charge in [0, 0.05) is 0 Å². The third-order valence-corrected chi connectivity index (χ3v) is 7.37. The van der Waals surface area contributed by atoms with E-state index in [1.165, 1.54) is 32.1 Å². The molecule has 0 N–H and O–H groups in total. The molecule has 5 heteroatoms. The second-order valence-electron chi connectivity index (χ2n) is 9.20. The van der Waals surface area contributed by atoms with Gasteiger partial charge in [0.15, 0.2) is 6.29 Å². The fourth-order valence-corrected chi connectivity index (χ4v) is 5.26. The molecular formula is C23H37NO4. The largest absolute Gasteiger partial charge is 0.458 e. The molecule has 0 aromatic carbocycles. The number of rotatable bonds is 6. The molecular weight excluding hydrogens is 354 g/mol. The Morgan fingerprint density at radius 3 is 2.18 bits per heavy atom. The van der Waals surface area contributed by atoms with E-state index in [-0.39, 0.29) is 19.5 Å². The molecule has 0 amide bonds. The van der Waals surface area contributed by atoms with Gasteiger partial charge in [-0.2, -0.15) is 5.26 Å². The number of carbonyl (C=O) groups is 1. The number of esters is 1. The topological polar surface area (TPSA) is 68.5 Å². The van der Waals surface area contributed by atoms with Crippen molar-refractivity contribution in [2.45, 2.75) is 103 Å². The van der Waals surface area contributed by atoms with E-state index in [0.717, 1.165) is 56.8 Å². The maximum atomic E-state index is 13.0. The zero-order chi connectivity index (χ0) is 20.0. The summed E-state index contributed by atoms with van der Waals surface area (Å²) in [5.41, 5.74) is -1.75. The Hall–Kier alpha value is -1.12. The highest BCUT2D eigenvalue weighted by Crippen LogP contribution is 2.44. The quantitative estimate of drug-likeness (QED) is 0.587. The Morgan fingerprint density at radius 2 is 1.64 bits per heavy atom. The number of nitriles is 1. The number of hydrogen-bond donors (Lipinski definition) is 0. The SMILES string of the molecule is CCCC1OCC(C#N)(C(=O)OC2(CC)CCC(C3CCCCC3)CC2)CO1. The predicted octanol–water partition coefficient (Wildman–Crippen LogP) is 5.13. The predicted molar refractivity (Wildman–Crippen MR) is 106 cm³/mol. The lowest BCUT2D eigenvalue weighted by molar-refractivity contribution is -0.233. The molecule has 2 aliphatic carbocycles. The fraction of sp³-hybridized carbons (Fsp3) is 0.913. The van der Waals surface area contributed by atoms with Crippen molar-refractivity contribution in [3.8, 4) is 6.07 Å². The number of nitrogens with zero attached hydrogens (tertiary/aromatic N) is 1. The minimum absolute atomic E-state index is 0.0670. The summed E-state index contributed by atoms with van der Waals surface area (Å²) in [7, 11) is 0. The van der Waals surface area contributed by atoms with Gasteiger partial charge in [0.1, 0.15) is 5.60 Å². The van der Waals surface area contributed by atoms with Crippen molar-refractivity contribution in [1.29, 1.82) is 5.26 Å². The number of hydrogen-bond acceptors (Lipinski definition) is 5. The maximum absolute atomic E-state index is 13.0. The first kappa shape index (κ1) is 21.6. The van der Waals surface area contributed by atoms with Gasteiger partial charge in [-0.25, -0.2) is 0 Å². The molecule has 28 heavy (non-hydrogen) atoms. The molecule has 158 valence electrons. The van der Waals surface area contributed by atoms with Crippen LogP contribution in [0.4, 0.5) is 0 Å². The van der Waals surface area contributed by atoms with Gasteiger partial charge in [-0.3, -0.25) is 4.79 Å². The molecule has 0 spiro atoms. The molecule has 1 saturated heterocycles. The molecule has 1 aliphatic heterocycles. The summed E-state index contributed by atoms with van der Waals surface area (Å²) in [6.45, 7) is 4.29. The van der Waals surface area contributed by atoms with Crippen LogP contribution in [0.1, 0.15) is 90.9 Å². The normalized spacial score (nSPS) is 37.2. The summed E-state index contributed by atoms with van der Waals surface area (Å²) in [5, 5.41) is 9.72. The van der Waals surface area contributed by atoms with Gasteiger partial charge in [0.25, 0.3) is 0 Å². The summed E-state index contributed by atoms with van der Waals surface area (Å²) in [6.07, 6.45) is 13.2. The van der Waals surface area contributed by atoms with Crippen molar-refractivity contribution in [1.82, 2.24) is 0 Å². The van der Waals surface area contributed by atoms with Gasteiger partial charge in [-0.1, -0.05) is 52.4 Å². The summed E-state index contributed by atoms with van der Waals surface area (Å²) < 4.78 is 17.4. The van der Waals surface area contributed by atoms with Gasteiger partial charge in [0.2, 0.25) is 5.41 Å². The molecule has 3 rings (SSSR count). The highest BCUT2D eigenvalue weighted by atomic mass is 16.7. The van der Waals surface area contributed by atoms with Crippen molar-refractivity contribution >= 4 is 5.97 Å². The first-order valence-electron chi connectivity index (χ1n) is 11.4. The Balaban J connectivity index is 1.58. The molecule has 0 bridgehead atoms. The van der Waals surface area contributed by atoms with Gasteiger partial charge in [0.05, 0.1) is 19.3 Å². The number of ether oxygens (including phenoxy) is 3. The van der Waals surface area contributed by atoms with E-state index in [0.29, 0.717) is 0 Å². The van der Waals surface area contributed by atoms with Crippen LogP contribution >= 0.6 is 0 Å². The van der Waals surface area contributed by atoms with E-state index in [1.54, 1.807) is 0 Å². The lowest BCUT2D eigenvalue weighted by atomic mass is 9.69. The molecule has 3 aliphatic rings. The Kier molecular flexibility index (Phi) is 7.39. The smallest absolute Gasteiger partial charge is 0.331 e. The van der Waals surface area contributed by atoms with Gasteiger partial charge in [-0.15, -0.1) is 0 Å². The van der Waals surface area contributed by atoms with E-state index in [2.05, 4.69) is 19.9 Å². The third-order valence-electron chi connectivity index (χ3n) is 7.37. The molecule has 0 aromatic rings. The number of carbonyl (C=O) groups excluding carboxylic acids is 1. The summed E-state index contributed by atoms with van der Waals surface area (Å²) in [4.78, 5) is 13.0. The Bertz CT molecular complexity index is 547. The summed E-state index contributed by atoms with van der Waals surface area (Å²) in [6, 6.07) is 2.15. The van der Waals surface area contributed by atoms with Crippen LogP contribution in [0.2, 0.25) is 0 Å². The molecule has 2 saturated carbocycles. The van der Waals surface area contributed by atoms with Crippen LogP contribution < -0.4 is 0 Å². The van der Waals surface area contributed by atoms with Crippen molar-refractivity contribution < 1.29 is 19.0 Å². The average molecular weight is 392 g/mol. The molecule has 0 radical (unpaired) electrons. The first-order valence-corrected chi connectivity index (χ1v) is 11.4. The van der Waals surface area contributed by atoms with E-state index >= 15 is 0 Å². The van der Waals surface area contributed by atoms with Crippen molar-refractivity contribution in [3.63, 3.8) is 0 Å². The standard InChI is InChI=1S/C23H37NO4/c1-3-8-20-26-16-22(15-24,17-27-20)21(25)28-23(4-2)13-11-19(12-14-23)18-9-6-5-7-10-18/h18-20H,3-14,16-17H2,1-2H3. The highest BCUT2D eigenvalue weighted by molar-refractivity contribution is 5.81. The summed E-state index contributed by atoms with van der Waals surface area (Å²) >= 11 is 0. The minimum atomic E-state index is -1.33. The third kappa shape index (κ3) is 4.71. The second-order valence-corrected chi connectivity index (χ2v) is 9.20. The van der Waals surface area contributed by atoms with Crippen molar-refractivity contribution in [2.75, 3.05) is 13.2 Å². The second kappa shape index (κ2) is 9.59. The van der Waals surface area contributed by atoms with E-state index in [4.69, 9.17) is 14.2 Å². The Morgan fingerprint density at radius 1 is 1.04 bits per heavy atom. The van der Waals surface area contributed by atoms with Crippen LogP contribution in [0, 0.1) is 28.6 Å². The molecule has 0 unspecified atom stereocenters. The van der Waals surface area contributed by atoms with Crippen molar-refractivity contribution in [2.24, 2.45) is 17.3 Å². The molecule has 5 nitrogen and oxygen atoms in total. The van der Waals surface area contributed by atoms with Crippen LogP contribution in [0.5, 0.6) is 0 Å². The molecule has 0 atom stereocenters. The fourth-order valence-electron chi connectivity index (χ4n) is 5.26. The van der Waals surface area contributed by atoms with Gasteiger partial charge < -0.3 is 14.2 Å². The molecule has 3 fully saturated rings.